The zero-order valence-electron chi connectivity index (χ0n) is 16.0. The van der Waals surface area contributed by atoms with Crippen molar-refractivity contribution in [2.24, 2.45) is 10.8 Å². The number of nitrogens with two attached hydrogens (primary N) is 1. The summed E-state index contributed by atoms with van der Waals surface area (Å²) < 4.78 is 6.02. The molecule has 1 aliphatic heterocycles. The maximum atomic E-state index is 12.0. The SMILES string of the molecule is CCCCOc1cc(C)c(C2=NN(CCN)C(=O)CC2)cc1C(C)C. The van der Waals surface area contributed by atoms with Crippen molar-refractivity contribution in [3.8, 4) is 5.75 Å². The summed E-state index contributed by atoms with van der Waals surface area (Å²) in [5.74, 6) is 1.38. The average Bonchev–Trinajstić information content (AvgIpc) is 2.57. The summed E-state index contributed by atoms with van der Waals surface area (Å²) in [6.45, 7) is 10.2. The Kier molecular flexibility index (Phi) is 7.00. The molecule has 25 heavy (non-hydrogen) atoms. The second kappa shape index (κ2) is 8.99. The van der Waals surface area contributed by atoms with Crippen molar-refractivity contribution in [2.45, 2.75) is 59.3 Å². The minimum Gasteiger partial charge on any atom is -0.493 e. The highest BCUT2D eigenvalue weighted by Crippen LogP contribution is 2.31. The summed E-state index contributed by atoms with van der Waals surface area (Å²) in [6.07, 6.45) is 3.34. The van der Waals surface area contributed by atoms with Crippen molar-refractivity contribution < 1.29 is 9.53 Å². The molecule has 2 N–H and O–H groups in total. The molecular weight excluding hydrogens is 314 g/mol. The largest absolute Gasteiger partial charge is 0.493 e. The number of ether oxygens (including phenoxy) is 1. The van der Waals surface area contributed by atoms with Gasteiger partial charge < -0.3 is 10.5 Å². The van der Waals surface area contributed by atoms with Crippen LogP contribution in [0.25, 0.3) is 0 Å². The Balaban J connectivity index is 2.36. The summed E-state index contributed by atoms with van der Waals surface area (Å²) in [7, 11) is 0. The molecule has 138 valence electrons. The maximum absolute atomic E-state index is 12.0. The average molecular weight is 345 g/mol. The van der Waals surface area contributed by atoms with E-state index in [9.17, 15) is 4.79 Å². The third-order valence-electron chi connectivity index (χ3n) is 4.49. The van der Waals surface area contributed by atoms with Crippen LogP contribution in [0.3, 0.4) is 0 Å². The van der Waals surface area contributed by atoms with Gasteiger partial charge in [-0.15, -0.1) is 0 Å². The second-order valence-corrected chi connectivity index (χ2v) is 6.91. The monoisotopic (exact) mass is 345 g/mol. The third-order valence-corrected chi connectivity index (χ3v) is 4.49. The van der Waals surface area contributed by atoms with E-state index in [-0.39, 0.29) is 5.91 Å². The fourth-order valence-corrected chi connectivity index (χ4v) is 3.00. The molecule has 1 aromatic carbocycles. The number of hydrogen-bond donors (Lipinski definition) is 1. The molecule has 0 saturated heterocycles. The first-order valence-electron chi connectivity index (χ1n) is 9.33. The van der Waals surface area contributed by atoms with Crippen LogP contribution in [-0.2, 0) is 4.79 Å². The first-order valence-corrected chi connectivity index (χ1v) is 9.33. The van der Waals surface area contributed by atoms with Gasteiger partial charge in [0.2, 0.25) is 5.91 Å². The molecule has 1 amide bonds. The van der Waals surface area contributed by atoms with E-state index in [0.29, 0.717) is 31.8 Å². The number of hydrogen-bond acceptors (Lipinski definition) is 4. The number of amides is 1. The van der Waals surface area contributed by atoms with E-state index in [2.05, 4.69) is 44.9 Å². The van der Waals surface area contributed by atoms with Gasteiger partial charge in [-0.2, -0.15) is 5.10 Å². The number of benzene rings is 1. The molecule has 0 aromatic heterocycles. The predicted octanol–water partition coefficient (Wildman–Crippen LogP) is 3.58. The van der Waals surface area contributed by atoms with Crippen molar-refractivity contribution in [1.82, 2.24) is 5.01 Å². The number of rotatable bonds is 8. The van der Waals surface area contributed by atoms with Gasteiger partial charge >= 0.3 is 0 Å². The number of carbonyl (C=O) groups excluding carboxylic acids is 1. The van der Waals surface area contributed by atoms with E-state index in [1.807, 2.05) is 0 Å². The highest BCUT2D eigenvalue weighted by atomic mass is 16.5. The zero-order valence-corrected chi connectivity index (χ0v) is 16.0. The molecule has 5 heteroatoms. The molecule has 1 heterocycles. The fraction of sp³-hybridized carbons (Fsp3) is 0.600. The summed E-state index contributed by atoms with van der Waals surface area (Å²) >= 11 is 0. The first-order chi connectivity index (χ1) is 12.0. The maximum Gasteiger partial charge on any atom is 0.243 e. The van der Waals surface area contributed by atoms with Gasteiger partial charge in [-0.3, -0.25) is 4.79 Å². The molecule has 0 bridgehead atoms. The quantitative estimate of drug-likeness (QED) is 0.732. The van der Waals surface area contributed by atoms with Gasteiger partial charge in [0.1, 0.15) is 5.75 Å². The van der Waals surface area contributed by atoms with Crippen LogP contribution in [0.2, 0.25) is 0 Å². The number of carbonyl (C=O) groups is 1. The van der Waals surface area contributed by atoms with Crippen molar-refractivity contribution in [3.63, 3.8) is 0 Å². The minimum atomic E-state index is 0.0513. The van der Waals surface area contributed by atoms with Crippen LogP contribution < -0.4 is 10.5 Å². The zero-order chi connectivity index (χ0) is 18.4. The highest BCUT2D eigenvalue weighted by Gasteiger charge is 2.23. The number of nitrogens with zero attached hydrogens (tertiary/aromatic N) is 2. The number of hydrazone groups is 1. The lowest BCUT2D eigenvalue weighted by molar-refractivity contribution is -0.131. The molecule has 0 atom stereocenters. The molecule has 0 aliphatic carbocycles. The van der Waals surface area contributed by atoms with Crippen molar-refractivity contribution in [2.75, 3.05) is 19.7 Å². The summed E-state index contributed by atoms with van der Waals surface area (Å²) in [6, 6.07) is 4.31. The minimum absolute atomic E-state index is 0.0513. The Hall–Kier alpha value is -1.88. The van der Waals surface area contributed by atoms with Crippen molar-refractivity contribution in [1.29, 1.82) is 0 Å². The van der Waals surface area contributed by atoms with Crippen molar-refractivity contribution >= 4 is 11.6 Å². The molecule has 0 radical (unpaired) electrons. The van der Waals surface area contributed by atoms with E-state index < -0.39 is 0 Å². The van der Waals surface area contributed by atoms with Gasteiger partial charge in [0.25, 0.3) is 0 Å². The van der Waals surface area contributed by atoms with E-state index in [0.717, 1.165) is 42.0 Å². The Morgan fingerprint density at radius 2 is 2.08 bits per heavy atom. The Morgan fingerprint density at radius 3 is 2.72 bits per heavy atom. The second-order valence-electron chi connectivity index (χ2n) is 6.91. The summed E-state index contributed by atoms with van der Waals surface area (Å²) in [5.41, 5.74) is 10.0. The molecule has 0 fully saturated rings. The van der Waals surface area contributed by atoms with Crippen LogP contribution in [0.5, 0.6) is 5.75 Å². The predicted molar refractivity (Wildman–Crippen MR) is 102 cm³/mol. The molecule has 1 aromatic rings. The van der Waals surface area contributed by atoms with Gasteiger partial charge in [-0.05, 0) is 42.5 Å². The van der Waals surface area contributed by atoms with Crippen LogP contribution >= 0.6 is 0 Å². The topological polar surface area (TPSA) is 67.9 Å². The van der Waals surface area contributed by atoms with Gasteiger partial charge in [0.15, 0.2) is 0 Å². The smallest absolute Gasteiger partial charge is 0.243 e. The summed E-state index contributed by atoms with van der Waals surface area (Å²) in [4.78, 5) is 12.0. The van der Waals surface area contributed by atoms with Crippen LogP contribution in [0.15, 0.2) is 17.2 Å². The normalized spacial score (nSPS) is 14.9. The van der Waals surface area contributed by atoms with Crippen LogP contribution in [0.1, 0.15) is 69.1 Å². The van der Waals surface area contributed by atoms with Crippen LogP contribution in [0, 0.1) is 6.92 Å². The first kappa shape index (κ1) is 19.4. The number of aryl methyl sites for hydroxylation is 1. The fourth-order valence-electron chi connectivity index (χ4n) is 3.00. The van der Waals surface area contributed by atoms with Gasteiger partial charge in [0, 0.05) is 24.9 Å². The lowest BCUT2D eigenvalue weighted by Gasteiger charge is -2.25. The van der Waals surface area contributed by atoms with Gasteiger partial charge in [-0.25, -0.2) is 5.01 Å². The summed E-state index contributed by atoms with van der Waals surface area (Å²) in [5, 5.41) is 6.08. The highest BCUT2D eigenvalue weighted by molar-refractivity contribution is 6.05. The Morgan fingerprint density at radius 1 is 1.32 bits per heavy atom. The van der Waals surface area contributed by atoms with Gasteiger partial charge in [-0.1, -0.05) is 27.2 Å². The van der Waals surface area contributed by atoms with E-state index >= 15 is 0 Å². The molecule has 2 rings (SSSR count). The number of unbranched alkanes of at least 4 members (excludes halogenated alkanes) is 1. The molecule has 1 aliphatic rings. The molecule has 0 spiro atoms. The van der Waals surface area contributed by atoms with Crippen LogP contribution in [0.4, 0.5) is 0 Å². The Bertz CT molecular complexity index is 638. The van der Waals surface area contributed by atoms with E-state index in [4.69, 9.17) is 10.5 Å². The third kappa shape index (κ3) is 4.82. The lowest BCUT2D eigenvalue weighted by Crippen LogP contribution is -2.35. The molecule has 0 saturated carbocycles. The Labute approximate surface area is 151 Å². The standard InChI is InChI=1S/C20H31N3O2/c1-5-6-11-25-19-12-15(4)17(13-16(19)14(2)3)18-7-8-20(24)23(22-18)10-9-21/h12-14H,5-11,21H2,1-4H3. The van der Waals surface area contributed by atoms with Gasteiger partial charge in [0.05, 0.1) is 18.9 Å². The van der Waals surface area contributed by atoms with E-state index in [1.165, 1.54) is 10.6 Å². The molecular formula is C20H31N3O2. The lowest BCUT2D eigenvalue weighted by atomic mass is 9.92. The van der Waals surface area contributed by atoms with Crippen molar-refractivity contribution in [3.05, 3.63) is 28.8 Å². The molecule has 5 nitrogen and oxygen atoms in total. The molecule has 0 unspecified atom stereocenters. The van der Waals surface area contributed by atoms with E-state index in [1.54, 1.807) is 0 Å². The van der Waals surface area contributed by atoms with Crippen LogP contribution in [-0.4, -0.2) is 36.3 Å².